The molecule has 0 amide bonds. The minimum absolute atomic E-state index is 1.11. The molecule has 0 atom stereocenters. The summed E-state index contributed by atoms with van der Waals surface area (Å²) in [6, 6.07) is 0. The molecule has 0 saturated heterocycles. The molecule has 90 valence electrons. The molecule has 0 aliphatic rings. The molecule has 15 heavy (non-hydrogen) atoms. The lowest BCUT2D eigenvalue weighted by Gasteiger charge is -1.92. The average Bonchev–Trinajstić information content (AvgIpc) is 2.31. The molecule has 0 aliphatic heterocycles. The van der Waals surface area contributed by atoms with Crippen LogP contribution in [0.25, 0.3) is 0 Å². The third kappa shape index (κ3) is 19.6. The maximum Gasteiger partial charge on any atom is -0.0376 e. The summed E-state index contributed by atoms with van der Waals surface area (Å²) in [7, 11) is 0. The first-order valence-electron chi connectivity index (χ1n) is 6.18. The van der Waals surface area contributed by atoms with Gasteiger partial charge in [0.1, 0.15) is 0 Å². The van der Waals surface area contributed by atoms with Crippen LogP contribution in [0.1, 0.15) is 61.8 Å². The lowest BCUT2D eigenvalue weighted by molar-refractivity contribution is 1.22. The summed E-state index contributed by atoms with van der Waals surface area (Å²) in [6.07, 6.45) is 9.75. The highest BCUT2D eigenvalue weighted by Gasteiger charge is 1.81. The molecule has 0 aromatic rings. The van der Waals surface area contributed by atoms with E-state index in [9.17, 15) is 0 Å². The Morgan fingerprint density at radius 3 is 1.73 bits per heavy atom. The zero-order valence-corrected chi connectivity index (χ0v) is 12.0. The van der Waals surface area contributed by atoms with Gasteiger partial charge in [-0.15, -0.1) is 0 Å². The number of rotatable bonds is 3. The molecule has 0 nitrogen and oxygen atoms in total. The maximum absolute atomic E-state index is 2.19. The molecule has 0 aromatic heterocycles. The normalized spacial score (nSPS) is 11.5. The van der Waals surface area contributed by atoms with E-state index in [1.165, 1.54) is 11.1 Å². The molecule has 0 heterocycles. The molecular weight excluding hydrogens is 180 g/mol. The van der Waals surface area contributed by atoms with Crippen molar-refractivity contribution >= 4 is 0 Å². The van der Waals surface area contributed by atoms with E-state index in [0.717, 1.165) is 6.42 Å². The van der Waals surface area contributed by atoms with Crippen LogP contribution in [0.5, 0.6) is 0 Å². The Hall–Kier alpha value is -0.780. The van der Waals surface area contributed by atoms with Crippen molar-refractivity contribution in [1.29, 1.82) is 0 Å². The van der Waals surface area contributed by atoms with Crippen molar-refractivity contribution < 1.29 is 0 Å². The van der Waals surface area contributed by atoms with E-state index in [1.54, 1.807) is 0 Å². The van der Waals surface area contributed by atoms with Gasteiger partial charge in [0.2, 0.25) is 0 Å². The van der Waals surface area contributed by atoms with Crippen molar-refractivity contribution in [1.82, 2.24) is 0 Å². The van der Waals surface area contributed by atoms with Gasteiger partial charge in [-0.1, -0.05) is 70.1 Å². The van der Waals surface area contributed by atoms with Crippen LogP contribution in [0.3, 0.4) is 0 Å². The monoisotopic (exact) mass is 210 g/mol. The fraction of sp³-hybridized carbons (Fsp3) is 0.600. The van der Waals surface area contributed by atoms with E-state index in [4.69, 9.17) is 0 Å². The minimum atomic E-state index is 1.11. The van der Waals surface area contributed by atoms with Crippen LogP contribution in [0.15, 0.2) is 35.5 Å². The Kier molecular flexibility index (Phi) is 24.9. The van der Waals surface area contributed by atoms with Gasteiger partial charge in [-0.25, -0.2) is 0 Å². The minimum Gasteiger partial charge on any atom is -0.0847 e. The summed E-state index contributed by atoms with van der Waals surface area (Å²) in [5, 5.41) is 0. The summed E-state index contributed by atoms with van der Waals surface area (Å²) >= 11 is 0. The Morgan fingerprint density at radius 2 is 1.40 bits per heavy atom. The molecule has 0 unspecified atom stereocenters. The highest BCUT2D eigenvalue weighted by atomic mass is 13.9. The molecule has 0 spiro atoms. The quantitative estimate of drug-likeness (QED) is 0.507. The molecule has 0 fully saturated rings. The van der Waals surface area contributed by atoms with Gasteiger partial charge in [-0.3, -0.25) is 0 Å². The van der Waals surface area contributed by atoms with Gasteiger partial charge in [-0.05, 0) is 27.2 Å². The number of hydrogen-bond donors (Lipinski definition) is 0. The van der Waals surface area contributed by atoms with Crippen LogP contribution < -0.4 is 0 Å². The summed E-state index contributed by atoms with van der Waals surface area (Å²) in [6.45, 7) is 16.4. The molecule has 0 N–H and O–H groups in total. The van der Waals surface area contributed by atoms with E-state index in [1.807, 2.05) is 27.7 Å². The lowest BCUT2D eigenvalue weighted by Crippen LogP contribution is -1.71. The Labute approximate surface area is 97.8 Å². The summed E-state index contributed by atoms with van der Waals surface area (Å²) in [5.41, 5.74) is 2.64. The summed E-state index contributed by atoms with van der Waals surface area (Å²) in [4.78, 5) is 0. The molecule has 0 aromatic carbocycles. The second kappa shape index (κ2) is 18.9. The predicted molar refractivity (Wildman–Crippen MR) is 75.3 cm³/mol. The van der Waals surface area contributed by atoms with Crippen molar-refractivity contribution in [3.8, 4) is 0 Å². The van der Waals surface area contributed by atoms with Crippen molar-refractivity contribution in [2.45, 2.75) is 61.8 Å². The average molecular weight is 210 g/mol. The van der Waals surface area contributed by atoms with E-state index in [2.05, 4.69) is 52.0 Å². The number of hydrogen-bond acceptors (Lipinski definition) is 0. The molecule has 0 aliphatic carbocycles. The van der Waals surface area contributed by atoms with Gasteiger partial charge >= 0.3 is 0 Å². The number of allylic oxidation sites excluding steroid dienone is 6. The van der Waals surface area contributed by atoms with E-state index in [-0.39, 0.29) is 0 Å². The van der Waals surface area contributed by atoms with Crippen LogP contribution >= 0.6 is 0 Å². The predicted octanol–water partition coefficient (Wildman–Crippen LogP) is 5.92. The molecular formula is C15H30. The van der Waals surface area contributed by atoms with Crippen LogP contribution in [0.4, 0.5) is 0 Å². The van der Waals surface area contributed by atoms with Crippen LogP contribution in [0, 0.1) is 0 Å². The van der Waals surface area contributed by atoms with Gasteiger partial charge in [0.25, 0.3) is 0 Å². The van der Waals surface area contributed by atoms with Gasteiger partial charge < -0.3 is 0 Å². The smallest absolute Gasteiger partial charge is 0.0376 e. The third-order valence-electron chi connectivity index (χ3n) is 1.53. The van der Waals surface area contributed by atoms with E-state index < -0.39 is 0 Å². The SMILES string of the molecule is CC.CC.C\C=C(C)/C=C(C)\C=C/CC. The van der Waals surface area contributed by atoms with Crippen molar-refractivity contribution in [2.75, 3.05) is 0 Å². The van der Waals surface area contributed by atoms with Crippen molar-refractivity contribution in [3.63, 3.8) is 0 Å². The summed E-state index contributed by atoms with van der Waals surface area (Å²) in [5.74, 6) is 0. The zero-order valence-electron chi connectivity index (χ0n) is 12.0. The maximum atomic E-state index is 2.19. The van der Waals surface area contributed by atoms with E-state index in [0.29, 0.717) is 0 Å². The van der Waals surface area contributed by atoms with Crippen LogP contribution in [0.2, 0.25) is 0 Å². The largest absolute Gasteiger partial charge is 0.0847 e. The highest BCUT2D eigenvalue weighted by molar-refractivity contribution is 5.26. The zero-order chi connectivity index (χ0) is 12.7. The van der Waals surface area contributed by atoms with Crippen molar-refractivity contribution in [3.05, 3.63) is 35.5 Å². The first kappa shape index (κ1) is 19.7. The Balaban J connectivity index is -0.000000318. The molecule has 0 rings (SSSR count). The van der Waals surface area contributed by atoms with Crippen molar-refractivity contribution in [2.24, 2.45) is 0 Å². The van der Waals surface area contributed by atoms with Gasteiger partial charge in [0, 0.05) is 0 Å². The molecule has 0 bridgehead atoms. The fourth-order valence-corrected chi connectivity index (χ4v) is 0.794. The standard InChI is InChI=1S/C11H18.2C2H6/c1-5-7-8-11(4)9-10(3)6-2;2*1-2/h6-9H,5H2,1-4H3;2*1-2H3/b8-7-,10-6-,11-9-;;. The second-order valence-corrected chi connectivity index (χ2v) is 2.73. The Bertz CT molecular complexity index is 180. The molecule has 0 radical (unpaired) electrons. The van der Waals surface area contributed by atoms with Crippen LogP contribution in [-0.2, 0) is 0 Å². The van der Waals surface area contributed by atoms with Gasteiger partial charge in [-0.2, -0.15) is 0 Å². The lowest BCUT2D eigenvalue weighted by atomic mass is 10.1. The van der Waals surface area contributed by atoms with Gasteiger partial charge in [0.15, 0.2) is 0 Å². The summed E-state index contributed by atoms with van der Waals surface area (Å²) < 4.78 is 0. The first-order valence-corrected chi connectivity index (χ1v) is 6.18. The van der Waals surface area contributed by atoms with Gasteiger partial charge in [0.05, 0.1) is 0 Å². The molecule has 0 heteroatoms. The third-order valence-corrected chi connectivity index (χ3v) is 1.53. The Morgan fingerprint density at radius 1 is 0.933 bits per heavy atom. The highest BCUT2D eigenvalue weighted by Crippen LogP contribution is 2.02. The van der Waals surface area contributed by atoms with Crippen LogP contribution in [-0.4, -0.2) is 0 Å². The molecule has 0 saturated carbocycles. The second-order valence-electron chi connectivity index (χ2n) is 2.73. The fourth-order valence-electron chi connectivity index (χ4n) is 0.794. The topological polar surface area (TPSA) is 0 Å². The first-order chi connectivity index (χ1) is 7.20. The van der Waals surface area contributed by atoms with E-state index >= 15 is 0 Å².